The molecule has 0 aliphatic carbocycles. The first-order chi connectivity index (χ1) is 15.6. The number of piperidine rings is 1. The van der Waals surface area contributed by atoms with E-state index in [0.717, 1.165) is 56.2 Å². The van der Waals surface area contributed by atoms with Crippen LogP contribution in [0.4, 0.5) is 0 Å². The zero-order chi connectivity index (χ0) is 22.5. The lowest BCUT2D eigenvalue weighted by atomic mass is 9.95. The minimum Gasteiger partial charge on any atom is -0.497 e. The molecule has 3 aromatic rings. The average Bonchev–Trinajstić information content (AvgIpc) is 3.13. The van der Waals surface area contributed by atoms with Gasteiger partial charge in [-0.25, -0.2) is 4.98 Å². The summed E-state index contributed by atoms with van der Waals surface area (Å²) in [5, 5.41) is 0.634. The molecule has 1 unspecified atom stereocenters. The molecule has 0 radical (unpaired) electrons. The second-order valence-corrected chi connectivity index (χ2v) is 9.11. The Morgan fingerprint density at radius 1 is 1.12 bits per heavy atom. The Labute approximate surface area is 197 Å². The number of rotatable bonds is 8. The zero-order valence-electron chi connectivity index (χ0n) is 19.5. The van der Waals surface area contributed by atoms with Crippen molar-refractivity contribution in [1.82, 2.24) is 14.5 Å². The third-order valence-corrected chi connectivity index (χ3v) is 6.89. The summed E-state index contributed by atoms with van der Waals surface area (Å²) >= 11 is 6.81. The molecule has 32 heavy (non-hydrogen) atoms. The summed E-state index contributed by atoms with van der Waals surface area (Å²) in [4.78, 5) is 7.44. The number of ether oxygens (including phenoxy) is 1. The normalized spacial score (nSPS) is 16.9. The van der Waals surface area contributed by atoms with Crippen molar-refractivity contribution in [2.75, 3.05) is 13.7 Å². The summed E-state index contributed by atoms with van der Waals surface area (Å²) in [7, 11) is 1.73. The molecule has 1 fully saturated rings. The van der Waals surface area contributed by atoms with E-state index in [-0.39, 0.29) is 0 Å². The van der Waals surface area contributed by atoms with Gasteiger partial charge in [0.05, 0.1) is 12.8 Å². The summed E-state index contributed by atoms with van der Waals surface area (Å²) in [5.74, 6) is 1.91. The highest BCUT2D eigenvalue weighted by Crippen LogP contribution is 2.36. The molecule has 4 nitrogen and oxygen atoms in total. The number of benzene rings is 2. The maximum absolute atomic E-state index is 6.81. The van der Waals surface area contributed by atoms with Gasteiger partial charge in [0.2, 0.25) is 0 Å². The third-order valence-electron chi connectivity index (χ3n) is 6.59. The van der Waals surface area contributed by atoms with Gasteiger partial charge in [-0.05, 0) is 56.0 Å². The Morgan fingerprint density at radius 3 is 2.75 bits per heavy atom. The standard InChI is InChI=1S/C27H34ClN3O/c1-4-5-17-31-25(26(28)29-27(31)23-14-7-6-11-20(23)2)19-30-16-9-8-15-24(30)21-12-10-13-22(18-21)32-3/h6-7,10-14,18,24H,4-5,8-9,15-17,19H2,1-3H3. The van der Waals surface area contributed by atoms with E-state index >= 15 is 0 Å². The van der Waals surface area contributed by atoms with Crippen molar-refractivity contribution in [3.8, 4) is 17.1 Å². The van der Waals surface area contributed by atoms with E-state index in [1.165, 1.54) is 29.5 Å². The van der Waals surface area contributed by atoms with E-state index in [1.54, 1.807) is 7.11 Å². The molecule has 1 aliphatic rings. The number of hydrogen-bond donors (Lipinski definition) is 0. The van der Waals surface area contributed by atoms with E-state index < -0.39 is 0 Å². The summed E-state index contributed by atoms with van der Waals surface area (Å²) in [6, 6.07) is 17.3. The molecule has 170 valence electrons. The maximum atomic E-state index is 6.81. The zero-order valence-corrected chi connectivity index (χ0v) is 20.2. The lowest BCUT2D eigenvalue weighted by molar-refractivity contribution is 0.137. The minimum absolute atomic E-state index is 0.367. The van der Waals surface area contributed by atoms with Crippen molar-refractivity contribution in [1.29, 1.82) is 0 Å². The van der Waals surface area contributed by atoms with E-state index in [4.69, 9.17) is 21.3 Å². The van der Waals surface area contributed by atoms with E-state index in [1.807, 2.05) is 6.07 Å². The van der Waals surface area contributed by atoms with Crippen molar-refractivity contribution in [2.45, 2.75) is 65.1 Å². The molecule has 4 rings (SSSR count). The predicted octanol–water partition coefficient (Wildman–Crippen LogP) is 7.05. The Bertz CT molecular complexity index is 1050. The van der Waals surface area contributed by atoms with Crippen LogP contribution in [0, 0.1) is 6.92 Å². The van der Waals surface area contributed by atoms with Crippen molar-refractivity contribution in [3.05, 3.63) is 70.5 Å². The quantitative estimate of drug-likeness (QED) is 0.367. The second kappa shape index (κ2) is 10.5. The van der Waals surface area contributed by atoms with Crippen LogP contribution in [0.5, 0.6) is 5.75 Å². The second-order valence-electron chi connectivity index (χ2n) is 8.75. The molecule has 0 spiro atoms. The summed E-state index contributed by atoms with van der Waals surface area (Å²) in [6.45, 7) is 7.19. The number of unbranched alkanes of at least 4 members (excludes halogenated alkanes) is 1. The van der Waals surface area contributed by atoms with Crippen molar-refractivity contribution in [2.24, 2.45) is 0 Å². The molecular formula is C27H34ClN3O. The fourth-order valence-corrected chi connectivity index (χ4v) is 5.03. The Morgan fingerprint density at radius 2 is 1.97 bits per heavy atom. The Balaban J connectivity index is 1.69. The largest absolute Gasteiger partial charge is 0.497 e. The van der Waals surface area contributed by atoms with Crippen LogP contribution in [0.25, 0.3) is 11.4 Å². The van der Waals surface area contributed by atoms with Gasteiger partial charge in [-0.15, -0.1) is 0 Å². The topological polar surface area (TPSA) is 30.3 Å². The van der Waals surface area contributed by atoms with Crippen LogP contribution < -0.4 is 4.74 Å². The number of aryl methyl sites for hydroxylation is 1. The fourth-order valence-electron chi connectivity index (χ4n) is 4.79. The first-order valence-electron chi connectivity index (χ1n) is 11.8. The van der Waals surface area contributed by atoms with Gasteiger partial charge >= 0.3 is 0 Å². The number of imidazole rings is 1. The fraction of sp³-hybridized carbons (Fsp3) is 0.444. The molecule has 2 heterocycles. The van der Waals surface area contributed by atoms with Crippen LogP contribution in [-0.2, 0) is 13.1 Å². The Hall–Kier alpha value is -2.30. The first kappa shape index (κ1) is 22.9. The molecule has 0 amide bonds. The molecular weight excluding hydrogens is 418 g/mol. The average molecular weight is 452 g/mol. The van der Waals surface area contributed by atoms with Gasteiger partial charge in [-0.3, -0.25) is 4.90 Å². The highest BCUT2D eigenvalue weighted by Gasteiger charge is 2.27. The number of halogens is 1. The summed E-state index contributed by atoms with van der Waals surface area (Å²) in [5.41, 5.74) is 4.84. The van der Waals surface area contributed by atoms with Gasteiger partial charge in [0.1, 0.15) is 11.6 Å². The van der Waals surface area contributed by atoms with Crippen molar-refractivity contribution >= 4 is 11.6 Å². The number of aromatic nitrogens is 2. The highest BCUT2D eigenvalue weighted by molar-refractivity contribution is 6.30. The summed E-state index contributed by atoms with van der Waals surface area (Å²) < 4.78 is 7.86. The van der Waals surface area contributed by atoms with Crippen LogP contribution in [-0.4, -0.2) is 28.1 Å². The predicted molar refractivity (Wildman–Crippen MR) is 132 cm³/mol. The van der Waals surface area contributed by atoms with Gasteiger partial charge in [0, 0.05) is 24.7 Å². The number of nitrogens with zero attached hydrogens (tertiary/aromatic N) is 3. The van der Waals surface area contributed by atoms with Crippen molar-refractivity contribution in [3.63, 3.8) is 0 Å². The van der Waals surface area contributed by atoms with Crippen molar-refractivity contribution < 1.29 is 4.74 Å². The van der Waals surface area contributed by atoms with Gasteiger partial charge in [-0.1, -0.05) is 67.8 Å². The molecule has 1 saturated heterocycles. The number of methoxy groups -OCH3 is 1. The monoisotopic (exact) mass is 451 g/mol. The van der Waals surface area contributed by atoms with Crippen LogP contribution >= 0.6 is 11.6 Å². The van der Waals surface area contributed by atoms with Gasteiger partial charge in [0.25, 0.3) is 0 Å². The van der Waals surface area contributed by atoms with Crippen LogP contribution in [0.15, 0.2) is 48.5 Å². The molecule has 1 aliphatic heterocycles. The van der Waals surface area contributed by atoms with E-state index in [0.29, 0.717) is 11.2 Å². The summed E-state index contributed by atoms with van der Waals surface area (Å²) in [6.07, 6.45) is 5.86. The maximum Gasteiger partial charge on any atom is 0.152 e. The van der Waals surface area contributed by atoms with E-state index in [2.05, 4.69) is 65.8 Å². The highest BCUT2D eigenvalue weighted by atomic mass is 35.5. The van der Waals surface area contributed by atoms with Crippen LogP contribution in [0.2, 0.25) is 5.15 Å². The lowest BCUT2D eigenvalue weighted by Crippen LogP contribution is -2.33. The molecule has 0 saturated carbocycles. The smallest absolute Gasteiger partial charge is 0.152 e. The third kappa shape index (κ3) is 4.87. The minimum atomic E-state index is 0.367. The molecule has 0 bridgehead atoms. The molecule has 1 atom stereocenters. The molecule has 0 N–H and O–H groups in total. The van der Waals surface area contributed by atoms with Gasteiger partial charge in [0.15, 0.2) is 5.15 Å². The Kier molecular flexibility index (Phi) is 7.54. The van der Waals surface area contributed by atoms with Crippen LogP contribution in [0.1, 0.15) is 61.9 Å². The molecule has 2 aromatic carbocycles. The number of hydrogen-bond acceptors (Lipinski definition) is 3. The lowest BCUT2D eigenvalue weighted by Gasteiger charge is -2.36. The van der Waals surface area contributed by atoms with Crippen LogP contribution in [0.3, 0.4) is 0 Å². The molecule has 1 aromatic heterocycles. The van der Waals surface area contributed by atoms with E-state index in [9.17, 15) is 0 Å². The first-order valence-corrected chi connectivity index (χ1v) is 12.2. The van der Waals surface area contributed by atoms with Gasteiger partial charge < -0.3 is 9.30 Å². The molecule has 5 heteroatoms. The SMILES string of the molecule is CCCCn1c(-c2ccccc2C)nc(Cl)c1CN1CCCCC1c1cccc(OC)c1. The van der Waals surface area contributed by atoms with Gasteiger partial charge in [-0.2, -0.15) is 0 Å². The number of likely N-dealkylation sites (tertiary alicyclic amines) is 1.